The molecule has 146 valence electrons. The minimum absolute atomic E-state index is 0.148. The second kappa shape index (κ2) is 8.58. The van der Waals surface area contributed by atoms with Gasteiger partial charge in [-0.25, -0.2) is 9.78 Å². The highest BCUT2D eigenvalue weighted by Crippen LogP contribution is 2.28. The van der Waals surface area contributed by atoms with Gasteiger partial charge in [0, 0.05) is 5.02 Å². The first kappa shape index (κ1) is 20.1. The predicted octanol–water partition coefficient (Wildman–Crippen LogP) is 4.76. The Morgan fingerprint density at radius 2 is 1.89 bits per heavy atom. The van der Waals surface area contributed by atoms with Crippen molar-refractivity contribution in [3.8, 4) is 5.75 Å². The fraction of sp³-hybridized carbons (Fsp3) is 0.250. The number of anilines is 1. The molecule has 1 heterocycles. The zero-order valence-corrected chi connectivity index (χ0v) is 17.2. The van der Waals surface area contributed by atoms with Crippen molar-refractivity contribution in [2.24, 2.45) is 0 Å². The summed E-state index contributed by atoms with van der Waals surface area (Å²) < 4.78 is 11.3. The Bertz CT molecular complexity index is 1020. The third kappa shape index (κ3) is 4.61. The van der Waals surface area contributed by atoms with Gasteiger partial charge in [-0.2, -0.15) is 0 Å². The maximum absolute atomic E-state index is 12.2. The van der Waals surface area contributed by atoms with E-state index in [9.17, 15) is 9.59 Å². The molecule has 1 N–H and O–H groups in total. The molecular weight excluding hydrogens is 400 g/mol. The summed E-state index contributed by atoms with van der Waals surface area (Å²) in [6.45, 7) is 5.69. The van der Waals surface area contributed by atoms with E-state index in [1.807, 2.05) is 13.8 Å². The molecule has 1 amide bonds. The van der Waals surface area contributed by atoms with Crippen LogP contribution in [-0.4, -0.2) is 30.1 Å². The molecule has 6 nitrogen and oxygen atoms in total. The molecule has 0 aliphatic rings. The average molecular weight is 419 g/mol. The fourth-order valence-corrected chi connectivity index (χ4v) is 3.64. The van der Waals surface area contributed by atoms with Crippen LogP contribution in [0.4, 0.5) is 5.13 Å². The summed E-state index contributed by atoms with van der Waals surface area (Å²) in [6, 6.07) is 8.66. The number of ether oxygens (including phenoxy) is 2. The van der Waals surface area contributed by atoms with Crippen LogP contribution in [0.3, 0.4) is 0 Å². The molecule has 0 bridgehead atoms. The number of amides is 1. The van der Waals surface area contributed by atoms with Crippen molar-refractivity contribution in [3.63, 3.8) is 0 Å². The Balaban J connectivity index is 1.65. The smallest absolute Gasteiger partial charge is 0.338 e. The van der Waals surface area contributed by atoms with E-state index < -0.39 is 0 Å². The number of thiazole rings is 1. The van der Waals surface area contributed by atoms with Gasteiger partial charge in [-0.3, -0.25) is 10.1 Å². The number of fused-ring (bicyclic) bond motifs is 1. The number of nitrogens with zero attached hydrogens (tertiary/aromatic N) is 1. The topological polar surface area (TPSA) is 77.5 Å². The maximum Gasteiger partial charge on any atom is 0.338 e. The minimum Gasteiger partial charge on any atom is -0.484 e. The van der Waals surface area contributed by atoms with Crippen LogP contribution in [0.1, 0.15) is 28.4 Å². The number of hydrogen-bond donors (Lipinski definition) is 1. The Morgan fingerprint density at radius 1 is 1.18 bits per heavy atom. The molecule has 0 aliphatic heterocycles. The summed E-state index contributed by atoms with van der Waals surface area (Å²) >= 11 is 7.42. The molecule has 8 heteroatoms. The van der Waals surface area contributed by atoms with Gasteiger partial charge in [-0.1, -0.05) is 22.9 Å². The number of nitrogens with one attached hydrogen (secondary N) is 1. The Kier molecular flexibility index (Phi) is 6.16. The molecule has 0 radical (unpaired) electrons. The Labute approximate surface area is 171 Å². The number of aryl methyl sites for hydroxylation is 2. The average Bonchev–Trinajstić information content (AvgIpc) is 3.05. The van der Waals surface area contributed by atoms with Crippen LogP contribution in [0.5, 0.6) is 5.75 Å². The molecule has 0 aliphatic carbocycles. The van der Waals surface area contributed by atoms with Crippen molar-refractivity contribution < 1.29 is 19.1 Å². The van der Waals surface area contributed by atoms with Gasteiger partial charge in [-0.05, 0) is 62.2 Å². The summed E-state index contributed by atoms with van der Waals surface area (Å²) in [5.74, 6) is -0.127. The molecule has 3 aromatic rings. The quantitative estimate of drug-likeness (QED) is 0.584. The van der Waals surface area contributed by atoms with Crippen LogP contribution in [-0.2, 0) is 9.53 Å². The summed E-state index contributed by atoms with van der Waals surface area (Å²) in [5.41, 5.74) is 2.92. The zero-order chi connectivity index (χ0) is 20.3. The van der Waals surface area contributed by atoms with Gasteiger partial charge in [0.2, 0.25) is 0 Å². The van der Waals surface area contributed by atoms with Crippen molar-refractivity contribution in [1.82, 2.24) is 4.98 Å². The molecule has 1 aromatic heterocycles. The van der Waals surface area contributed by atoms with Crippen molar-refractivity contribution in [2.75, 3.05) is 18.5 Å². The summed E-state index contributed by atoms with van der Waals surface area (Å²) in [7, 11) is 0. The number of halogens is 1. The third-order valence-corrected chi connectivity index (χ3v) is 5.46. The van der Waals surface area contributed by atoms with Gasteiger partial charge in [-0.15, -0.1) is 0 Å². The van der Waals surface area contributed by atoms with Crippen LogP contribution >= 0.6 is 22.9 Å². The van der Waals surface area contributed by atoms with Crippen molar-refractivity contribution in [1.29, 1.82) is 0 Å². The van der Waals surface area contributed by atoms with Crippen LogP contribution in [0.2, 0.25) is 5.02 Å². The van der Waals surface area contributed by atoms with E-state index in [0.29, 0.717) is 33.6 Å². The first-order chi connectivity index (χ1) is 13.4. The molecule has 3 rings (SSSR count). The highest BCUT2D eigenvalue weighted by molar-refractivity contribution is 7.22. The Morgan fingerprint density at radius 3 is 2.57 bits per heavy atom. The third-order valence-electron chi connectivity index (χ3n) is 3.93. The number of aromatic nitrogens is 1. The summed E-state index contributed by atoms with van der Waals surface area (Å²) in [4.78, 5) is 28.4. The standard InChI is InChI=1S/C20H19ClN2O4S/c1-4-26-19(25)13-5-6-15-16(9-13)28-20(22-15)23-17(24)10-27-14-7-11(2)18(21)12(3)8-14/h5-9H,4,10H2,1-3H3,(H,22,23,24). The van der Waals surface area contributed by atoms with E-state index in [1.54, 1.807) is 37.3 Å². The fourth-order valence-electron chi connectivity index (χ4n) is 2.61. The van der Waals surface area contributed by atoms with Crippen LogP contribution in [0, 0.1) is 13.8 Å². The number of hydrogen-bond acceptors (Lipinski definition) is 6. The minimum atomic E-state index is -0.384. The van der Waals surface area contributed by atoms with Gasteiger partial charge >= 0.3 is 5.97 Å². The summed E-state index contributed by atoms with van der Waals surface area (Å²) in [5, 5.41) is 3.84. The zero-order valence-electron chi connectivity index (χ0n) is 15.7. The van der Waals surface area contributed by atoms with E-state index in [0.717, 1.165) is 15.8 Å². The van der Waals surface area contributed by atoms with E-state index >= 15 is 0 Å². The van der Waals surface area contributed by atoms with Crippen LogP contribution < -0.4 is 10.1 Å². The molecule has 0 atom stereocenters. The lowest BCUT2D eigenvalue weighted by molar-refractivity contribution is -0.118. The normalized spacial score (nSPS) is 10.7. The van der Waals surface area contributed by atoms with Gasteiger partial charge in [0.15, 0.2) is 11.7 Å². The molecule has 0 unspecified atom stereocenters. The van der Waals surface area contributed by atoms with Gasteiger partial charge in [0.25, 0.3) is 5.91 Å². The second-order valence-corrected chi connectivity index (χ2v) is 7.54. The lowest BCUT2D eigenvalue weighted by Gasteiger charge is -2.09. The largest absolute Gasteiger partial charge is 0.484 e. The first-order valence-corrected chi connectivity index (χ1v) is 9.84. The molecule has 0 saturated carbocycles. The number of esters is 1. The number of rotatable bonds is 6. The second-order valence-electron chi connectivity index (χ2n) is 6.13. The van der Waals surface area contributed by atoms with Gasteiger partial charge in [0.1, 0.15) is 5.75 Å². The molecule has 28 heavy (non-hydrogen) atoms. The lowest BCUT2D eigenvalue weighted by Crippen LogP contribution is -2.20. The van der Waals surface area contributed by atoms with Crippen molar-refractivity contribution in [3.05, 3.63) is 52.0 Å². The number of benzene rings is 2. The SMILES string of the molecule is CCOC(=O)c1ccc2nc(NC(=O)COc3cc(C)c(Cl)c(C)c3)sc2c1. The highest BCUT2D eigenvalue weighted by Gasteiger charge is 2.12. The lowest BCUT2D eigenvalue weighted by atomic mass is 10.1. The molecule has 0 spiro atoms. The highest BCUT2D eigenvalue weighted by atomic mass is 35.5. The van der Waals surface area contributed by atoms with Gasteiger partial charge in [0.05, 0.1) is 22.4 Å². The first-order valence-electron chi connectivity index (χ1n) is 8.64. The monoisotopic (exact) mass is 418 g/mol. The molecule has 0 fully saturated rings. The molecular formula is C20H19ClN2O4S. The number of carbonyl (C=O) groups is 2. The van der Waals surface area contributed by atoms with Crippen molar-refractivity contribution >= 4 is 50.2 Å². The van der Waals surface area contributed by atoms with Crippen LogP contribution in [0.25, 0.3) is 10.2 Å². The van der Waals surface area contributed by atoms with Crippen molar-refractivity contribution in [2.45, 2.75) is 20.8 Å². The van der Waals surface area contributed by atoms with Gasteiger partial charge < -0.3 is 9.47 Å². The van der Waals surface area contributed by atoms with E-state index in [4.69, 9.17) is 21.1 Å². The molecule has 0 saturated heterocycles. The van der Waals surface area contributed by atoms with E-state index in [-0.39, 0.29) is 18.5 Å². The maximum atomic E-state index is 12.2. The van der Waals surface area contributed by atoms with E-state index in [2.05, 4.69) is 10.3 Å². The molecule has 2 aromatic carbocycles. The predicted molar refractivity (Wildman–Crippen MR) is 111 cm³/mol. The Hall–Kier alpha value is -2.64. The van der Waals surface area contributed by atoms with E-state index in [1.165, 1.54) is 11.3 Å². The van der Waals surface area contributed by atoms with Crippen LogP contribution in [0.15, 0.2) is 30.3 Å². The number of carbonyl (C=O) groups excluding carboxylic acids is 2. The summed E-state index contributed by atoms with van der Waals surface area (Å²) in [6.07, 6.45) is 0.